The summed E-state index contributed by atoms with van der Waals surface area (Å²) in [5.74, 6) is 1.73. The first kappa shape index (κ1) is 22.4. The fourth-order valence-corrected chi connectivity index (χ4v) is 5.92. The smallest absolute Gasteiger partial charge is 0.235 e. The number of benzene rings is 1. The Morgan fingerprint density at radius 2 is 2.03 bits per heavy atom. The maximum Gasteiger partial charge on any atom is 0.235 e. The minimum absolute atomic E-state index is 0.0740. The molecule has 1 saturated heterocycles. The van der Waals surface area contributed by atoms with Crippen LogP contribution in [0.2, 0.25) is 0 Å². The summed E-state index contributed by atoms with van der Waals surface area (Å²) in [7, 11) is 0. The maximum absolute atomic E-state index is 12.9. The number of fused-ring (bicyclic) bond motifs is 1. The summed E-state index contributed by atoms with van der Waals surface area (Å²) in [6.07, 6.45) is 10.6. The number of aromatic amines is 1. The number of nitrogens with one attached hydrogen (secondary N) is 2. The largest absolute Gasteiger partial charge is 0.376 e. The molecule has 182 valence electrons. The van der Waals surface area contributed by atoms with Gasteiger partial charge in [0.1, 0.15) is 5.82 Å². The number of amides is 1. The molecule has 0 bridgehead atoms. The van der Waals surface area contributed by atoms with Crippen molar-refractivity contribution in [1.82, 2.24) is 29.5 Å². The minimum atomic E-state index is -0.0740. The van der Waals surface area contributed by atoms with Gasteiger partial charge >= 0.3 is 0 Å². The van der Waals surface area contributed by atoms with Crippen molar-refractivity contribution >= 4 is 34.4 Å². The molecule has 0 unspecified atom stereocenters. The SMILES string of the molecule is O=C(CSc1nnc(-c2c[nH]c3ccccc23)n1C[C@H]1CCCO1)Nc1ccnn1C1CCCC1. The topological polar surface area (TPSA) is 103 Å². The molecule has 0 spiro atoms. The summed E-state index contributed by atoms with van der Waals surface area (Å²) in [6, 6.07) is 10.4. The van der Waals surface area contributed by atoms with Crippen LogP contribution < -0.4 is 5.32 Å². The quantitative estimate of drug-likeness (QED) is 0.348. The van der Waals surface area contributed by atoms with E-state index in [9.17, 15) is 4.79 Å². The van der Waals surface area contributed by atoms with Gasteiger partial charge in [-0.1, -0.05) is 42.8 Å². The third-order valence-electron chi connectivity index (χ3n) is 6.90. The van der Waals surface area contributed by atoms with Crippen LogP contribution in [0.3, 0.4) is 0 Å². The van der Waals surface area contributed by atoms with E-state index in [-0.39, 0.29) is 17.8 Å². The van der Waals surface area contributed by atoms with Crippen molar-refractivity contribution in [3.8, 4) is 11.4 Å². The van der Waals surface area contributed by atoms with Crippen molar-refractivity contribution in [2.24, 2.45) is 0 Å². The zero-order chi connectivity index (χ0) is 23.6. The van der Waals surface area contributed by atoms with Crippen LogP contribution in [0.4, 0.5) is 5.82 Å². The van der Waals surface area contributed by atoms with Crippen LogP contribution in [0.5, 0.6) is 0 Å². The number of rotatable bonds is 8. The van der Waals surface area contributed by atoms with Crippen LogP contribution in [0.15, 0.2) is 47.9 Å². The molecular weight excluding hydrogens is 462 g/mol. The van der Waals surface area contributed by atoms with E-state index in [1.54, 1.807) is 6.20 Å². The zero-order valence-corrected chi connectivity index (χ0v) is 20.3. The lowest BCUT2D eigenvalue weighted by molar-refractivity contribution is -0.113. The van der Waals surface area contributed by atoms with Gasteiger partial charge in [0.2, 0.25) is 5.91 Å². The van der Waals surface area contributed by atoms with Gasteiger partial charge in [0, 0.05) is 35.3 Å². The Bertz CT molecular complexity index is 1310. The van der Waals surface area contributed by atoms with Crippen LogP contribution in [0.1, 0.15) is 44.6 Å². The van der Waals surface area contributed by atoms with Gasteiger partial charge in [0.25, 0.3) is 0 Å². The van der Waals surface area contributed by atoms with E-state index < -0.39 is 0 Å². The molecule has 0 radical (unpaired) electrons. The van der Waals surface area contributed by atoms with E-state index in [0.717, 1.165) is 65.6 Å². The Morgan fingerprint density at radius 1 is 1.14 bits per heavy atom. The van der Waals surface area contributed by atoms with E-state index in [4.69, 9.17) is 4.74 Å². The molecule has 1 atom stereocenters. The van der Waals surface area contributed by atoms with Crippen LogP contribution in [0.25, 0.3) is 22.3 Å². The monoisotopic (exact) mass is 491 g/mol. The molecule has 1 aromatic carbocycles. The lowest BCUT2D eigenvalue weighted by Crippen LogP contribution is -2.20. The van der Waals surface area contributed by atoms with Crippen molar-refractivity contribution in [2.75, 3.05) is 17.7 Å². The average Bonchev–Trinajstić information content (AvgIpc) is 3.69. The Kier molecular flexibility index (Phi) is 6.30. The maximum atomic E-state index is 12.9. The first-order valence-corrected chi connectivity index (χ1v) is 13.3. The van der Waals surface area contributed by atoms with Gasteiger partial charge in [-0.15, -0.1) is 10.2 Å². The number of para-hydroxylation sites is 1. The van der Waals surface area contributed by atoms with E-state index >= 15 is 0 Å². The number of carbonyl (C=O) groups excluding carboxylic acids is 1. The van der Waals surface area contributed by atoms with Crippen LogP contribution in [0, 0.1) is 0 Å². The highest BCUT2D eigenvalue weighted by Gasteiger charge is 2.24. The van der Waals surface area contributed by atoms with Crippen molar-refractivity contribution in [2.45, 2.75) is 62.4 Å². The summed E-state index contributed by atoms with van der Waals surface area (Å²) in [6.45, 7) is 1.45. The molecule has 1 aliphatic carbocycles. The Balaban J connectivity index is 1.21. The first-order chi connectivity index (χ1) is 17.3. The van der Waals surface area contributed by atoms with Gasteiger partial charge in [-0.25, -0.2) is 4.68 Å². The molecule has 2 fully saturated rings. The lowest BCUT2D eigenvalue weighted by Gasteiger charge is -2.15. The van der Waals surface area contributed by atoms with Crippen LogP contribution in [-0.4, -0.2) is 53.9 Å². The molecule has 3 aromatic heterocycles. The second-order valence-electron chi connectivity index (χ2n) is 9.24. The number of hydrogen-bond acceptors (Lipinski definition) is 6. The van der Waals surface area contributed by atoms with Crippen molar-refractivity contribution in [3.63, 3.8) is 0 Å². The number of anilines is 1. The van der Waals surface area contributed by atoms with Gasteiger partial charge in [0.15, 0.2) is 11.0 Å². The molecule has 10 heteroatoms. The summed E-state index contributed by atoms with van der Waals surface area (Å²) in [5.41, 5.74) is 2.06. The van der Waals surface area contributed by atoms with Crippen LogP contribution in [-0.2, 0) is 16.1 Å². The summed E-state index contributed by atoms with van der Waals surface area (Å²) in [4.78, 5) is 16.2. The molecule has 2 N–H and O–H groups in total. The molecular formula is C25H29N7O2S. The number of hydrogen-bond donors (Lipinski definition) is 2. The summed E-state index contributed by atoms with van der Waals surface area (Å²) < 4.78 is 9.98. The third kappa shape index (κ3) is 4.60. The Hall–Kier alpha value is -3.11. The fourth-order valence-electron chi connectivity index (χ4n) is 5.17. The predicted molar refractivity (Wildman–Crippen MR) is 135 cm³/mol. The summed E-state index contributed by atoms with van der Waals surface area (Å²) >= 11 is 1.40. The molecule has 2 aliphatic rings. The highest BCUT2D eigenvalue weighted by Crippen LogP contribution is 2.33. The average molecular weight is 492 g/mol. The van der Waals surface area contributed by atoms with Crippen LogP contribution >= 0.6 is 11.8 Å². The fraction of sp³-hybridized carbons (Fsp3) is 0.440. The normalized spacial score (nSPS) is 18.6. The highest BCUT2D eigenvalue weighted by molar-refractivity contribution is 7.99. The summed E-state index contributed by atoms with van der Waals surface area (Å²) in [5, 5.41) is 18.3. The molecule has 35 heavy (non-hydrogen) atoms. The Morgan fingerprint density at radius 3 is 2.89 bits per heavy atom. The van der Waals surface area contributed by atoms with Crippen molar-refractivity contribution < 1.29 is 9.53 Å². The molecule has 1 aliphatic heterocycles. The van der Waals surface area contributed by atoms with Gasteiger partial charge < -0.3 is 15.0 Å². The van der Waals surface area contributed by atoms with E-state index in [1.807, 2.05) is 29.1 Å². The minimum Gasteiger partial charge on any atom is -0.376 e. The van der Waals surface area contributed by atoms with E-state index in [0.29, 0.717) is 12.6 Å². The number of thioether (sulfide) groups is 1. The predicted octanol–water partition coefficient (Wildman–Crippen LogP) is 4.65. The standard InChI is InChI=1S/C25H29N7O2S/c33-23(28-22-11-12-27-32(22)17-6-1-2-7-17)16-35-25-30-29-24(31(25)15-18-8-5-13-34-18)20-14-26-21-10-4-3-9-19(20)21/h3-4,9-12,14,17-18,26H,1-2,5-8,13,15-16H2,(H,28,33)/t18-/m1/s1. The first-order valence-electron chi connectivity index (χ1n) is 12.3. The lowest BCUT2D eigenvalue weighted by atomic mass is 10.1. The number of ether oxygens (including phenoxy) is 1. The molecule has 1 amide bonds. The van der Waals surface area contributed by atoms with Gasteiger partial charge in [-0.2, -0.15) is 5.10 Å². The van der Waals surface area contributed by atoms with E-state index in [2.05, 4.69) is 42.3 Å². The van der Waals surface area contributed by atoms with Gasteiger partial charge in [-0.3, -0.25) is 9.36 Å². The van der Waals surface area contributed by atoms with Crippen molar-refractivity contribution in [3.05, 3.63) is 42.7 Å². The second-order valence-corrected chi connectivity index (χ2v) is 10.2. The van der Waals surface area contributed by atoms with E-state index in [1.165, 1.54) is 24.6 Å². The zero-order valence-electron chi connectivity index (χ0n) is 19.5. The number of carbonyl (C=O) groups is 1. The molecule has 4 aromatic rings. The third-order valence-corrected chi connectivity index (χ3v) is 7.86. The number of nitrogens with zero attached hydrogens (tertiary/aromatic N) is 5. The molecule has 9 nitrogen and oxygen atoms in total. The second kappa shape index (κ2) is 9.87. The van der Waals surface area contributed by atoms with Gasteiger partial charge in [-0.05, 0) is 31.7 Å². The molecule has 1 saturated carbocycles. The van der Waals surface area contributed by atoms with Crippen molar-refractivity contribution in [1.29, 1.82) is 0 Å². The molecule has 4 heterocycles. The number of aromatic nitrogens is 6. The Labute approximate surface area is 207 Å². The number of H-pyrrole nitrogens is 1. The molecule has 6 rings (SSSR count). The highest BCUT2D eigenvalue weighted by atomic mass is 32.2. The van der Waals surface area contributed by atoms with Gasteiger partial charge in [0.05, 0.1) is 30.6 Å².